The number of aryl methyl sites for hydroxylation is 3. The highest BCUT2D eigenvalue weighted by molar-refractivity contribution is 5.95. The molecule has 0 unspecified atom stereocenters. The average Bonchev–Trinajstić information content (AvgIpc) is 3.44. The topological polar surface area (TPSA) is 77.1 Å². The number of hydrogen-bond acceptors (Lipinski definition) is 4. The number of halogens is 1. The van der Waals surface area contributed by atoms with Crippen LogP contribution < -0.4 is 5.32 Å². The molecule has 0 spiro atoms. The van der Waals surface area contributed by atoms with Gasteiger partial charge >= 0.3 is 0 Å². The summed E-state index contributed by atoms with van der Waals surface area (Å²) in [6.45, 7) is 8.03. The maximum atomic E-state index is 13.7. The van der Waals surface area contributed by atoms with Crippen molar-refractivity contribution < 1.29 is 9.18 Å². The van der Waals surface area contributed by atoms with Gasteiger partial charge in [-0.2, -0.15) is 10.2 Å². The smallest absolute Gasteiger partial charge is 0.270 e. The monoisotopic (exact) mass is 510 g/mol. The van der Waals surface area contributed by atoms with E-state index in [1.165, 1.54) is 17.7 Å². The minimum absolute atomic E-state index is 0.209. The Hall–Kier alpha value is -4.33. The number of benzene rings is 2. The molecule has 8 heteroatoms. The molecule has 0 aliphatic heterocycles. The average molecular weight is 511 g/mol. The van der Waals surface area contributed by atoms with Crippen LogP contribution in [-0.2, 0) is 13.5 Å². The van der Waals surface area contributed by atoms with Gasteiger partial charge in [0, 0.05) is 29.9 Å². The molecule has 1 atom stereocenters. The molecule has 7 nitrogen and oxygen atoms in total. The predicted octanol–water partition coefficient (Wildman–Crippen LogP) is 6.00. The van der Waals surface area contributed by atoms with E-state index in [0.29, 0.717) is 22.7 Å². The Kier molecular flexibility index (Phi) is 6.80. The van der Waals surface area contributed by atoms with E-state index in [4.69, 9.17) is 4.98 Å². The summed E-state index contributed by atoms with van der Waals surface area (Å²) in [5.41, 5.74) is 7.82. The first-order valence-electron chi connectivity index (χ1n) is 12.8. The molecule has 3 heterocycles. The van der Waals surface area contributed by atoms with E-state index in [1.54, 1.807) is 27.4 Å². The van der Waals surface area contributed by atoms with E-state index in [0.717, 1.165) is 40.9 Å². The lowest BCUT2D eigenvalue weighted by molar-refractivity contribution is 0.0932. The van der Waals surface area contributed by atoms with Crippen LogP contribution in [0, 0.1) is 19.7 Å². The van der Waals surface area contributed by atoms with Gasteiger partial charge < -0.3 is 5.32 Å². The first kappa shape index (κ1) is 25.3. The van der Waals surface area contributed by atoms with Crippen LogP contribution in [0.15, 0.2) is 60.7 Å². The number of nitrogens with one attached hydrogen (secondary N) is 1. The number of nitrogens with zero attached hydrogens (tertiary/aromatic N) is 5. The largest absolute Gasteiger partial charge is 0.344 e. The quantitative estimate of drug-likeness (QED) is 0.292. The highest BCUT2D eigenvalue weighted by Crippen LogP contribution is 2.28. The molecule has 0 bridgehead atoms. The second-order valence-corrected chi connectivity index (χ2v) is 9.69. The van der Waals surface area contributed by atoms with Gasteiger partial charge in [0.2, 0.25) is 0 Å². The van der Waals surface area contributed by atoms with Crippen LogP contribution in [0.25, 0.3) is 28.2 Å². The van der Waals surface area contributed by atoms with Gasteiger partial charge in [0.05, 0.1) is 23.1 Å². The molecule has 0 aliphatic rings. The SMILES string of the molecule is CCCc1ccc([C@@H](C)NC(=O)c2cc(-c3c(C)nn(C)c3C)nc3cc(-c4ccc(F)cc4)nn23)cc1. The third-order valence-electron chi connectivity index (χ3n) is 6.93. The Labute approximate surface area is 221 Å². The molecular formula is C30H31FN6O. The summed E-state index contributed by atoms with van der Waals surface area (Å²) in [4.78, 5) is 18.5. The lowest BCUT2D eigenvalue weighted by atomic mass is 10.0. The molecule has 0 aliphatic carbocycles. The predicted molar refractivity (Wildman–Crippen MR) is 146 cm³/mol. The third kappa shape index (κ3) is 4.81. The lowest BCUT2D eigenvalue weighted by Gasteiger charge is -2.16. The first-order valence-corrected chi connectivity index (χ1v) is 12.8. The van der Waals surface area contributed by atoms with Crippen molar-refractivity contribution in [1.82, 2.24) is 29.7 Å². The molecule has 38 heavy (non-hydrogen) atoms. The molecule has 0 saturated heterocycles. The molecule has 0 radical (unpaired) electrons. The molecule has 194 valence electrons. The van der Waals surface area contributed by atoms with Crippen LogP contribution in [0.2, 0.25) is 0 Å². The number of hydrogen-bond donors (Lipinski definition) is 1. The van der Waals surface area contributed by atoms with E-state index in [9.17, 15) is 9.18 Å². The van der Waals surface area contributed by atoms with E-state index < -0.39 is 0 Å². The van der Waals surface area contributed by atoms with Crippen molar-refractivity contribution in [3.8, 4) is 22.5 Å². The minimum Gasteiger partial charge on any atom is -0.344 e. The van der Waals surface area contributed by atoms with Crippen molar-refractivity contribution in [2.75, 3.05) is 0 Å². The minimum atomic E-state index is -0.322. The van der Waals surface area contributed by atoms with Crippen LogP contribution in [0.4, 0.5) is 4.39 Å². The lowest BCUT2D eigenvalue weighted by Crippen LogP contribution is -2.28. The van der Waals surface area contributed by atoms with Crippen molar-refractivity contribution in [3.63, 3.8) is 0 Å². The van der Waals surface area contributed by atoms with Crippen molar-refractivity contribution in [2.45, 2.75) is 46.6 Å². The van der Waals surface area contributed by atoms with Gasteiger partial charge in [-0.1, -0.05) is 37.6 Å². The second kappa shape index (κ2) is 10.2. The number of rotatable bonds is 7. The zero-order valence-electron chi connectivity index (χ0n) is 22.3. The normalized spacial score (nSPS) is 12.2. The fourth-order valence-corrected chi connectivity index (χ4v) is 4.79. The second-order valence-electron chi connectivity index (χ2n) is 9.69. The Morgan fingerprint density at radius 1 is 1.00 bits per heavy atom. The molecule has 2 aromatic carbocycles. The zero-order chi connectivity index (χ0) is 27.0. The van der Waals surface area contributed by atoms with Crippen LogP contribution in [0.1, 0.15) is 59.3 Å². The van der Waals surface area contributed by atoms with Gasteiger partial charge in [-0.25, -0.2) is 13.9 Å². The summed E-state index contributed by atoms with van der Waals surface area (Å²) in [7, 11) is 1.89. The summed E-state index contributed by atoms with van der Waals surface area (Å²) in [6.07, 6.45) is 2.12. The van der Waals surface area contributed by atoms with Crippen molar-refractivity contribution in [1.29, 1.82) is 0 Å². The fraction of sp³-hybridized carbons (Fsp3) is 0.267. The van der Waals surface area contributed by atoms with Crippen molar-refractivity contribution in [3.05, 3.63) is 94.7 Å². The number of carbonyl (C=O) groups is 1. The molecular weight excluding hydrogens is 479 g/mol. The summed E-state index contributed by atoms with van der Waals surface area (Å²) in [5.74, 6) is -0.589. The molecule has 3 aromatic heterocycles. The molecule has 1 amide bonds. The third-order valence-corrected chi connectivity index (χ3v) is 6.93. The fourth-order valence-electron chi connectivity index (χ4n) is 4.79. The standard InChI is InChI=1S/C30H31FN6O/c1-6-7-21-8-10-22(11-9-21)18(2)32-30(38)27-16-26(29-19(3)34-36(5)20(29)4)33-28-17-25(35-37(27)28)23-12-14-24(31)15-13-23/h8-18H,6-7H2,1-5H3,(H,32,38)/t18-/m1/s1. The van der Waals surface area contributed by atoms with Gasteiger partial charge in [-0.15, -0.1) is 0 Å². The van der Waals surface area contributed by atoms with Crippen LogP contribution in [0.5, 0.6) is 0 Å². The van der Waals surface area contributed by atoms with Gasteiger partial charge in [-0.3, -0.25) is 9.48 Å². The molecule has 0 fully saturated rings. The summed E-state index contributed by atoms with van der Waals surface area (Å²) in [6, 6.07) is 17.8. The number of fused-ring (bicyclic) bond motifs is 1. The van der Waals surface area contributed by atoms with Crippen LogP contribution in [0.3, 0.4) is 0 Å². The first-order chi connectivity index (χ1) is 18.2. The van der Waals surface area contributed by atoms with E-state index in [-0.39, 0.29) is 17.8 Å². The van der Waals surface area contributed by atoms with E-state index >= 15 is 0 Å². The van der Waals surface area contributed by atoms with Gasteiger partial charge in [0.15, 0.2) is 5.65 Å². The molecule has 0 saturated carbocycles. The number of aromatic nitrogens is 5. The Morgan fingerprint density at radius 2 is 1.71 bits per heavy atom. The zero-order valence-corrected chi connectivity index (χ0v) is 22.3. The Morgan fingerprint density at radius 3 is 2.34 bits per heavy atom. The number of carbonyl (C=O) groups excluding carboxylic acids is 1. The summed E-state index contributed by atoms with van der Waals surface area (Å²) < 4.78 is 16.9. The highest BCUT2D eigenvalue weighted by Gasteiger charge is 2.22. The van der Waals surface area contributed by atoms with E-state index in [2.05, 4.69) is 46.7 Å². The van der Waals surface area contributed by atoms with Crippen LogP contribution in [-0.4, -0.2) is 30.3 Å². The molecule has 1 N–H and O–H groups in total. The molecule has 5 rings (SSSR count). The summed E-state index contributed by atoms with van der Waals surface area (Å²) in [5, 5.41) is 12.3. The Balaban J connectivity index is 1.57. The van der Waals surface area contributed by atoms with Gasteiger partial charge in [0.25, 0.3) is 5.91 Å². The Bertz CT molecular complexity index is 1620. The summed E-state index contributed by atoms with van der Waals surface area (Å²) >= 11 is 0. The van der Waals surface area contributed by atoms with Crippen molar-refractivity contribution in [2.24, 2.45) is 7.05 Å². The number of amides is 1. The molecule has 5 aromatic rings. The maximum absolute atomic E-state index is 13.7. The van der Waals surface area contributed by atoms with Gasteiger partial charge in [-0.05, 0) is 68.7 Å². The van der Waals surface area contributed by atoms with E-state index in [1.807, 2.05) is 33.9 Å². The maximum Gasteiger partial charge on any atom is 0.270 e. The van der Waals surface area contributed by atoms with Gasteiger partial charge in [0.1, 0.15) is 11.5 Å². The van der Waals surface area contributed by atoms with Crippen LogP contribution >= 0.6 is 0 Å². The highest BCUT2D eigenvalue weighted by atomic mass is 19.1. The van der Waals surface area contributed by atoms with Crippen molar-refractivity contribution >= 4 is 11.6 Å².